The Morgan fingerprint density at radius 1 is 1.13 bits per heavy atom. The molecule has 23 heavy (non-hydrogen) atoms. The van der Waals surface area contributed by atoms with Gasteiger partial charge in [0.05, 0.1) is 5.92 Å². The van der Waals surface area contributed by atoms with E-state index >= 15 is 0 Å². The lowest BCUT2D eigenvalue weighted by Crippen LogP contribution is -2.34. The first kappa shape index (κ1) is 15.8. The Kier molecular flexibility index (Phi) is 4.49. The van der Waals surface area contributed by atoms with E-state index in [1.165, 1.54) is 11.1 Å². The van der Waals surface area contributed by atoms with Crippen LogP contribution in [0.4, 0.5) is 0 Å². The van der Waals surface area contributed by atoms with Gasteiger partial charge in [-0.3, -0.25) is 4.79 Å². The smallest absolute Gasteiger partial charge is 0.229 e. The SMILES string of the molecule is Cc1cccc(C(C)C(=O)N2C[C@@H](N)[C@H](c3ccccc3)C2)c1. The molecule has 3 heteroatoms. The molecule has 1 heterocycles. The lowest BCUT2D eigenvalue weighted by Gasteiger charge is -2.21. The highest BCUT2D eigenvalue weighted by Crippen LogP contribution is 2.29. The summed E-state index contributed by atoms with van der Waals surface area (Å²) < 4.78 is 0. The number of benzene rings is 2. The van der Waals surface area contributed by atoms with Crippen LogP contribution in [0.25, 0.3) is 0 Å². The molecule has 120 valence electrons. The molecular formula is C20H24N2O. The number of hydrogen-bond donors (Lipinski definition) is 1. The maximum absolute atomic E-state index is 12.8. The van der Waals surface area contributed by atoms with E-state index in [1.54, 1.807) is 0 Å². The summed E-state index contributed by atoms with van der Waals surface area (Å²) in [6, 6.07) is 18.5. The van der Waals surface area contributed by atoms with Gasteiger partial charge in [0.1, 0.15) is 0 Å². The molecule has 1 saturated heterocycles. The van der Waals surface area contributed by atoms with Gasteiger partial charge < -0.3 is 10.6 Å². The van der Waals surface area contributed by atoms with Crippen molar-refractivity contribution in [2.24, 2.45) is 5.73 Å². The monoisotopic (exact) mass is 308 g/mol. The predicted octanol–water partition coefficient (Wildman–Crippen LogP) is 3.05. The second-order valence-corrected chi connectivity index (χ2v) is 6.56. The molecule has 3 atom stereocenters. The van der Waals surface area contributed by atoms with E-state index in [0.717, 1.165) is 5.56 Å². The Hall–Kier alpha value is -2.13. The normalized spacial score (nSPS) is 22.1. The molecule has 0 aliphatic carbocycles. The number of hydrogen-bond acceptors (Lipinski definition) is 2. The summed E-state index contributed by atoms with van der Waals surface area (Å²) in [5, 5.41) is 0. The molecule has 2 aromatic carbocycles. The van der Waals surface area contributed by atoms with Crippen LogP contribution in [0.15, 0.2) is 54.6 Å². The highest BCUT2D eigenvalue weighted by Gasteiger charge is 2.35. The Balaban J connectivity index is 1.74. The maximum Gasteiger partial charge on any atom is 0.229 e. The molecule has 0 saturated carbocycles. The van der Waals surface area contributed by atoms with Crippen LogP contribution in [0.5, 0.6) is 0 Å². The largest absolute Gasteiger partial charge is 0.340 e. The topological polar surface area (TPSA) is 46.3 Å². The van der Waals surface area contributed by atoms with Gasteiger partial charge in [-0.1, -0.05) is 60.2 Å². The second kappa shape index (κ2) is 6.55. The number of rotatable bonds is 3. The zero-order chi connectivity index (χ0) is 16.4. The first-order valence-corrected chi connectivity index (χ1v) is 8.22. The zero-order valence-electron chi connectivity index (χ0n) is 13.8. The van der Waals surface area contributed by atoms with Gasteiger partial charge in [-0.05, 0) is 25.0 Å². The van der Waals surface area contributed by atoms with Crippen LogP contribution in [0.3, 0.4) is 0 Å². The van der Waals surface area contributed by atoms with Crippen LogP contribution in [0.1, 0.15) is 35.4 Å². The first-order valence-electron chi connectivity index (χ1n) is 8.22. The number of likely N-dealkylation sites (tertiary alicyclic amines) is 1. The third-order valence-corrected chi connectivity index (χ3v) is 4.82. The molecule has 1 aliphatic heterocycles. The molecule has 0 radical (unpaired) electrons. The van der Waals surface area contributed by atoms with E-state index in [4.69, 9.17) is 5.73 Å². The molecule has 3 rings (SSSR count). The van der Waals surface area contributed by atoms with Gasteiger partial charge in [0, 0.05) is 25.0 Å². The van der Waals surface area contributed by atoms with Crippen molar-refractivity contribution in [2.75, 3.05) is 13.1 Å². The fourth-order valence-corrected chi connectivity index (χ4v) is 3.42. The van der Waals surface area contributed by atoms with Crippen LogP contribution in [0, 0.1) is 6.92 Å². The standard InChI is InChI=1S/C20H24N2O/c1-14-7-6-10-17(11-14)15(2)20(23)22-12-18(19(21)13-22)16-8-4-3-5-9-16/h3-11,15,18-19H,12-13,21H2,1-2H3/t15?,18-,19+/m0/s1. The van der Waals surface area contributed by atoms with Crippen molar-refractivity contribution in [1.82, 2.24) is 4.90 Å². The summed E-state index contributed by atoms with van der Waals surface area (Å²) >= 11 is 0. The summed E-state index contributed by atoms with van der Waals surface area (Å²) in [4.78, 5) is 14.8. The van der Waals surface area contributed by atoms with Gasteiger partial charge in [-0.2, -0.15) is 0 Å². The molecule has 0 spiro atoms. The van der Waals surface area contributed by atoms with E-state index in [2.05, 4.69) is 31.2 Å². The maximum atomic E-state index is 12.8. The van der Waals surface area contributed by atoms with Crippen molar-refractivity contribution in [1.29, 1.82) is 0 Å². The minimum absolute atomic E-state index is 0.00561. The van der Waals surface area contributed by atoms with Gasteiger partial charge >= 0.3 is 0 Å². The lowest BCUT2D eigenvalue weighted by atomic mass is 9.95. The molecule has 1 unspecified atom stereocenters. The molecule has 2 aromatic rings. The van der Waals surface area contributed by atoms with Gasteiger partial charge in [-0.15, -0.1) is 0 Å². The fraction of sp³-hybridized carbons (Fsp3) is 0.350. The van der Waals surface area contributed by atoms with Crippen molar-refractivity contribution >= 4 is 5.91 Å². The van der Waals surface area contributed by atoms with Gasteiger partial charge in [0.15, 0.2) is 0 Å². The minimum Gasteiger partial charge on any atom is -0.340 e. The zero-order valence-corrected chi connectivity index (χ0v) is 13.8. The number of carbonyl (C=O) groups excluding carboxylic acids is 1. The van der Waals surface area contributed by atoms with Gasteiger partial charge in [0.2, 0.25) is 5.91 Å². The first-order chi connectivity index (χ1) is 11.1. The van der Waals surface area contributed by atoms with Crippen LogP contribution >= 0.6 is 0 Å². The number of aryl methyl sites for hydroxylation is 1. The Morgan fingerprint density at radius 2 is 1.87 bits per heavy atom. The van der Waals surface area contributed by atoms with Crippen molar-refractivity contribution in [3.8, 4) is 0 Å². The van der Waals surface area contributed by atoms with Crippen LogP contribution in [-0.2, 0) is 4.79 Å². The third kappa shape index (κ3) is 3.30. The average molecular weight is 308 g/mol. The Morgan fingerprint density at radius 3 is 2.57 bits per heavy atom. The Labute approximate surface area is 138 Å². The molecule has 1 fully saturated rings. The Bertz CT molecular complexity index is 683. The van der Waals surface area contributed by atoms with Gasteiger partial charge in [0.25, 0.3) is 0 Å². The van der Waals surface area contributed by atoms with E-state index in [9.17, 15) is 4.79 Å². The summed E-state index contributed by atoms with van der Waals surface area (Å²) in [6.45, 7) is 5.38. The highest BCUT2D eigenvalue weighted by atomic mass is 16.2. The minimum atomic E-state index is -0.128. The number of amides is 1. The van der Waals surface area contributed by atoms with E-state index < -0.39 is 0 Å². The molecular weight excluding hydrogens is 284 g/mol. The van der Waals surface area contributed by atoms with Gasteiger partial charge in [-0.25, -0.2) is 0 Å². The molecule has 1 amide bonds. The molecule has 2 N–H and O–H groups in total. The van der Waals surface area contributed by atoms with Crippen molar-refractivity contribution in [2.45, 2.75) is 31.7 Å². The highest BCUT2D eigenvalue weighted by molar-refractivity contribution is 5.83. The van der Waals surface area contributed by atoms with Crippen molar-refractivity contribution in [3.05, 3.63) is 71.3 Å². The summed E-state index contributed by atoms with van der Waals surface area (Å²) in [6.07, 6.45) is 0. The summed E-state index contributed by atoms with van der Waals surface area (Å²) in [7, 11) is 0. The van der Waals surface area contributed by atoms with Crippen LogP contribution in [-0.4, -0.2) is 29.9 Å². The molecule has 0 aromatic heterocycles. The quantitative estimate of drug-likeness (QED) is 0.947. The third-order valence-electron chi connectivity index (χ3n) is 4.82. The van der Waals surface area contributed by atoms with Crippen LogP contribution in [0.2, 0.25) is 0 Å². The molecule has 0 bridgehead atoms. The molecule has 3 nitrogen and oxygen atoms in total. The van der Waals surface area contributed by atoms with E-state index in [-0.39, 0.29) is 23.8 Å². The fourth-order valence-electron chi connectivity index (χ4n) is 3.42. The summed E-state index contributed by atoms with van der Waals surface area (Å²) in [5.41, 5.74) is 9.79. The number of nitrogens with zero attached hydrogens (tertiary/aromatic N) is 1. The van der Waals surface area contributed by atoms with Crippen molar-refractivity contribution in [3.63, 3.8) is 0 Å². The van der Waals surface area contributed by atoms with Crippen LogP contribution < -0.4 is 5.73 Å². The predicted molar refractivity (Wildman–Crippen MR) is 93.3 cm³/mol. The number of nitrogens with two attached hydrogens (primary N) is 1. The second-order valence-electron chi connectivity index (χ2n) is 6.56. The molecule has 1 aliphatic rings. The van der Waals surface area contributed by atoms with Crippen molar-refractivity contribution < 1.29 is 4.79 Å². The average Bonchev–Trinajstić information content (AvgIpc) is 2.96. The summed E-state index contributed by atoms with van der Waals surface area (Å²) in [5.74, 6) is 0.269. The number of carbonyl (C=O) groups is 1. The van der Waals surface area contributed by atoms with E-state index in [1.807, 2.05) is 42.2 Å². The van der Waals surface area contributed by atoms with E-state index in [0.29, 0.717) is 13.1 Å². The lowest BCUT2D eigenvalue weighted by molar-refractivity contribution is -0.131.